The van der Waals surface area contributed by atoms with Crippen LogP contribution in [-0.2, 0) is 6.42 Å². The van der Waals surface area contributed by atoms with Crippen molar-refractivity contribution in [2.45, 2.75) is 6.42 Å². The molecule has 1 amide bonds. The summed E-state index contributed by atoms with van der Waals surface area (Å²) in [6.07, 6.45) is 5.27. The van der Waals surface area contributed by atoms with Crippen molar-refractivity contribution >= 4 is 5.91 Å². The van der Waals surface area contributed by atoms with Crippen LogP contribution in [0.15, 0.2) is 53.4 Å². The minimum absolute atomic E-state index is 0.160. The molecule has 0 fully saturated rings. The van der Waals surface area contributed by atoms with E-state index in [1.165, 1.54) is 0 Å². The van der Waals surface area contributed by atoms with Crippen LogP contribution in [0.1, 0.15) is 16.2 Å². The van der Waals surface area contributed by atoms with Crippen LogP contribution in [0.3, 0.4) is 0 Å². The van der Waals surface area contributed by atoms with E-state index in [1.807, 2.05) is 12.1 Å². The zero-order chi connectivity index (χ0) is 15.2. The number of rotatable bonds is 5. The maximum atomic E-state index is 11.8. The van der Waals surface area contributed by atoms with E-state index in [0.29, 0.717) is 35.9 Å². The van der Waals surface area contributed by atoms with Gasteiger partial charge in [0.1, 0.15) is 5.69 Å². The number of carbonyl (C=O) groups excluding carboxylic acids is 1. The van der Waals surface area contributed by atoms with Gasteiger partial charge in [0.2, 0.25) is 11.7 Å². The van der Waals surface area contributed by atoms with Crippen LogP contribution in [0.2, 0.25) is 0 Å². The first kappa shape index (κ1) is 13.9. The van der Waals surface area contributed by atoms with Crippen LogP contribution in [0, 0.1) is 0 Å². The van der Waals surface area contributed by atoms with E-state index in [0.717, 1.165) is 0 Å². The molecule has 0 aliphatic heterocycles. The molecule has 0 unspecified atom stereocenters. The molecule has 0 aliphatic rings. The molecule has 0 spiro atoms. The largest absolute Gasteiger partial charge is 0.352 e. The second-order valence-electron chi connectivity index (χ2n) is 4.47. The third kappa shape index (κ3) is 3.32. The fourth-order valence-corrected chi connectivity index (χ4v) is 1.84. The highest BCUT2D eigenvalue weighted by atomic mass is 16.5. The molecule has 0 saturated heterocycles. The smallest absolute Gasteiger partial charge is 0.251 e. The molecule has 0 aromatic carbocycles. The molecule has 7 heteroatoms. The van der Waals surface area contributed by atoms with E-state index in [9.17, 15) is 4.79 Å². The van der Waals surface area contributed by atoms with E-state index in [4.69, 9.17) is 4.52 Å². The SMILES string of the molecule is O=C(NCCc1nc(-c2ccccn2)no1)c1ccncc1. The fraction of sp³-hybridized carbons (Fsp3) is 0.133. The average molecular weight is 295 g/mol. The highest BCUT2D eigenvalue weighted by molar-refractivity contribution is 5.93. The Balaban J connectivity index is 1.55. The van der Waals surface area contributed by atoms with E-state index in [2.05, 4.69) is 25.4 Å². The number of hydrogen-bond donors (Lipinski definition) is 1. The summed E-state index contributed by atoms with van der Waals surface area (Å²) in [6, 6.07) is 8.79. The Bertz CT molecular complexity index is 743. The van der Waals surface area contributed by atoms with Gasteiger partial charge in [0.25, 0.3) is 5.91 Å². The highest BCUT2D eigenvalue weighted by Gasteiger charge is 2.10. The highest BCUT2D eigenvalue weighted by Crippen LogP contribution is 2.11. The molecule has 3 heterocycles. The molecule has 3 rings (SSSR count). The predicted octanol–water partition coefficient (Wildman–Crippen LogP) is 1.50. The normalized spacial score (nSPS) is 10.4. The molecule has 0 bridgehead atoms. The average Bonchev–Trinajstić information content (AvgIpc) is 3.05. The van der Waals surface area contributed by atoms with Gasteiger partial charge in [-0.05, 0) is 24.3 Å². The molecule has 110 valence electrons. The molecule has 7 nitrogen and oxygen atoms in total. The van der Waals surface area contributed by atoms with Crippen molar-refractivity contribution < 1.29 is 9.32 Å². The summed E-state index contributed by atoms with van der Waals surface area (Å²) in [7, 11) is 0. The fourth-order valence-electron chi connectivity index (χ4n) is 1.84. The van der Waals surface area contributed by atoms with Crippen LogP contribution in [0.5, 0.6) is 0 Å². The van der Waals surface area contributed by atoms with E-state index in [1.54, 1.807) is 36.8 Å². The molecule has 0 aliphatic carbocycles. The molecule has 0 saturated carbocycles. The number of amides is 1. The third-order valence-corrected chi connectivity index (χ3v) is 2.93. The van der Waals surface area contributed by atoms with Crippen molar-refractivity contribution in [1.29, 1.82) is 0 Å². The van der Waals surface area contributed by atoms with Crippen LogP contribution in [0.25, 0.3) is 11.5 Å². The minimum Gasteiger partial charge on any atom is -0.352 e. The topological polar surface area (TPSA) is 93.8 Å². The summed E-state index contributed by atoms with van der Waals surface area (Å²) in [5.41, 5.74) is 1.22. The second-order valence-corrected chi connectivity index (χ2v) is 4.47. The van der Waals surface area contributed by atoms with E-state index < -0.39 is 0 Å². The minimum atomic E-state index is -0.160. The van der Waals surface area contributed by atoms with Gasteiger partial charge < -0.3 is 9.84 Å². The van der Waals surface area contributed by atoms with E-state index in [-0.39, 0.29) is 5.91 Å². The number of nitrogens with one attached hydrogen (secondary N) is 1. The summed E-state index contributed by atoms with van der Waals surface area (Å²) in [4.78, 5) is 24.1. The van der Waals surface area contributed by atoms with Crippen molar-refractivity contribution in [2.75, 3.05) is 6.54 Å². The van der Waals surface area contributed by atoms with Gasteiger partial charge in [0, 0.05) is 37.1 Å². The van der Waals surface area contributed by atoms with Gasteiger partial charge in [-0.1, -0.05) is 11.2 Å². The Morgan fingerprint density at radius 2 is 2.00 bits per heavy atom. The van der Waals surface area contributed by atoms with E-state index >= 15 is 0 Å². The van der Waals surface area contributed by atoms with Crippen LogP contribution >= 0.6 is 0 Å². The Kier molecular flexibility index (Phi) is 4.15. The van der Waals surface area contributed by atoms with Gasteiger partial charge in [-0.15, -0.1) is 0 Å². The van der Waals surface area contributed by atoms with Gasteiger partial charge in [0.05, 0.1) is 0 Å². The van der Waals surface area contributed by atoms with Gasteiger partial charge in [-0.2, -0.15) is 4.98 Å². The maximum Gasteiger partial charge on any atom is 0.251 e. The lowest BCUT2D eigenvalue weighted by atomic mass is 10.2. The zero-order valence-electron chi connectivity index (χ0n) is 11.6. The number of aromatic nitrogens is 4. The molecule has 3 aromatic heterocycles. The van der Waals surface area contributed by atoms with Gasteiger partial charge in [0.15, 0.2) is 0 Å². The second kappa shape index (κ2) is 6.57. The number of nitrogens with zero attached hydrogens (tertiary/aromatic N) is 4. The Morgan fingerprint density at radius 3 is 2.77 bits per heavy atom. The zero-order valence-corrected chi connectivity index (χ0v) is 11.6. The molecule has 1 N–H and O–H groups in total. The number of hydrogen-bond acceptors (Lipinski definition) is 6. The maximum absolute atomic E-state index is 11.8. The first-order valence-electron chi connectivity index (χ1n) is 6.75. The summed E-state index contributed by atoms with van der Waals surface area (Å²) in [6.45, 7) is 0.408. The monoisotopic (exact) mass is 295 g/mol. The molecular weight excluding hydrogens is 282 g/mol. The van der Waals surface area contributed by atoms with Crippen molar-refractivity contribution in [3.8, 4) is 11.5 Å². The first-order chi connectivity index (χ1) is 10.8. The Hall–Kier alpha value is -3.09. The molecule has 0 radical (unpaired) electrons. The van der Waals surface area contributed by atoms with Crippen LogP contribution < -0.4 is 5.32 Å². The summed E-state index contributed by atoms with van der Waals surface area (Å²) < 4.78 is 5.14. The van der Waals surface area contributed by atoms with Crippen molar-refractivity contribution in [2.24, 2.45) is 0 Å². The molecular formula is C15H13N5O2. The van der Waals surface area contributed by atoms with Gasteiger partial charge in [-0.3, -0.25) is 14.8 Å². The quantitative estimate of drug-likeness (QED) is 0.766. The predicted molar refractivity (Wildman–Crippen MR) is 77.8 cm³/mol. The lowest BCUT2D eigenvalue weighted by Gasteiger charge is -2.02. The third-order valence-electron chi connectivity index (χ3n) is 2.93. The summed E-state index contributed by atoms with van der Waals surface area (Å²) in [5.74, 6) is 0.735. The molecule has 3 aromatic rings. The van der Waals surface area contributed by atoms with Crippen LogP contribution in [0.4, 0.5) is 0 Å². The van der Waals surface area contributed by atoms with Crippen molar-refractivity contribution in [1.82, 2.24) is 25.4 Å². The van der Waals surface area contributed by atoms with Crippen molar-refractivity contribution in [3.05, 3.63) is 60.4 Å². The molecule has 0 atom stereocenters. The van der Waals surface area contributed by atoms with Crippen molar-refractivity contribution in [3.63, 3.8) is 0 Å². The number of carbonyl (C=O) groups is 1. The standard InChI is InChI=1S/C15H13N5O2/c21-15(11-4-8-16-9-5-11)18-10-6-13-19-14(20-22-13)12-3-1-2-7-17-12/h1-5,7-9H,6,10H2,(H,18,21). The van der Waals surface area contributed by atoms with Crippen LogP contribution in [-0.4, -0.2) is 32.6 Å². The Morgan fingerprint density at radius 1 is 1.14 bits per heavy atom. The van der Waals surface area contributed by atoms with Gasteiger partial charge in [-0.25, -0.2) is 0 Å². The summed E-state index contributed by atoms with van der Waals surface area (Å²) >= 11 is 0. The number of pyridine rings is 2. The lowest BCUT2D eigenvalue weighted by molar-refractivity contribution is 0.0953. The van der Waals surface area contributed by atoms with Gasteiger partial charge >= 0.3 is 0 Å². The summed E-state index contributed by atoms with van der Waals surface area (Å²) in [5, 5.41) is 6.66. The lowest BCUT2D eigenvalue weighted by Crippen LogP contribution is -2.25. The Labute approximate surface area is 126 Å². The first-order valence-corrected chi connectivity index (χ1v) is 6.75. The molecule has 22 heavy (non-hydrogen) atoms.